The fourth-order valence-electron chi connectivity index (χ4n) is 4.00. The second kappa shape index (κ2) is 8.15. The van der Waals surface area contributed by atoms with Gasteiger partial charge in [-0.25, -0.2) is 0 Å². The third kappa shape index (κ3) is 4.18. The molecule has 1 unspecified atom stereocenters. The van der Waals surface area contributed by atoms with Gasteiger partial charge < -0.3 is 9.64 Å². The Morgan fingerprint density at radius 3 is 2.59 bits per heavy atom. The number of rotatable bonds is 6. The van der Waals surface area contributed by atoms with E-state index >= 15 is 0 Å². The van der Waals surface area contributed by atoms with E-state index < -0.39 is 0 Å². The van der Waals surface area contributed by atoms with Gasteiger partial charge in [0.05, 0.1) is 25.3 Å². The molecule has 1 fully saturated rings. The molecular formula is C22H31N3O2. The van der Waals surface area contributed by atoms with E-state index in [2.05, 4.69) is 38.0 Å². The Bertz CT molecular complexity index is 793. The molecule has 27 heavy (non-hydrogen) atoms. The first kappa shape index (κ1) is 19.5. The zero-order valence-corrected chi connectivity index (χ0v) is 17.2. The average Bonchev–Trinajstić information content (AvgIpc) is 3.22. The summed E-state index contributed by atoms with van der Waals surface area (Å²) >= 11 is 0. The maximum absolute atomic E-state index is 13.1. The molecule has 0 spiro atoms. The number of carbonyl (C=O) groups excluding carboxylic acids is 1. The summed E-state index contributed by atoms with van der Waals surface area (Å²) in [4.78, 5) is 15.2. The first-order chi connectivity index (χ1) is 12.9. The van der Waals surface area contributed by atoms with Crippen LogP contribution in [0.2, 0.25) is 0 Å². The zero-order chi connectivity index (χ0) is 19.6. The van der Waals surface area contributed by atoms with Crippen molar-refractivity contribution in [2.45, 2.75) is 59.5 Å². The number of aromatic nitrogens is 2. The highest BCUT2D eigenvalue weighted by molar-refractivity contribution is 5.80. The second-order valence-electron chi connectivity index (χ2n) is 7.92. The second-order valence-corrected chi connectivity index (χ2v) is 7.92. The van der Waals surface area contributed by atoms with Crippen LogP contribution >= 0.6 is 0 Å². The maximum Gasteiger partial charge on any atom is 0.227 e. The maximum atomic E-state index is 13.1. The lowest BCUT2D eigenvalue weighted by atomic mass is 10.0. The number of likely N-dealkylation sites (tertiary alicyclic amines) is 1. The Balaban J connectivity index is 1.76. The molecule has 1 aliphatic rings. The molecule has 1 aromatic carbocycles. The molecule has 3 rings (SSSR count). The van der Waals surface area contributed by atoms with Gasteiger partial charge in [0.1, 0.15) is 5.75 Å². The van der Waals surface area contributed by atoms with Crippen LogP contribution in [0.25, 0.3) is 0 Å². The molecule has 5 heteroatoms. The summed E-state index contributed by atoms with van der Waals surface area (Å²) in [6, 6.07) is 8.26. The van der Waals surface area contributed by atoms with Gasteiger partial charge in [0, 0.05) is 24.3 Å². The molecule has 1 amide bonds. The molecule has 0 N–H and O–H groups in total. The number of amides is 1. The molecule has 1 saturated heterocycles. The number of carbonyl (C=O) groups is 1. The fraction of sp³-hybridized carbons (Fsp3) is 0.545. The molecule has 5 nitrogen and oxygen atoms in total. The van der Waals surface area contributed by atoms with Crippen molar-refractivity contribution in [1.29, 1.82) is 0 Å². The summed E-state index contributed by atoms with van der Waals surface area (Å²) in [5.74, 6) is 1.58. The number of ether oxygens (including phenoxy) is 1. The van der Waals surface area contributed by atoms with Crippen molar-refractivity contribution in [2.24, 2.45) is 5.92 Å². The topological polar surface area (TPSA) is 47.4 Å². The van der Waals surface area contributed by atoms with E-state index in [-0.39, 0.29) is 11.9 Å². The minimum Gasteiger partial charge on any atom is -0.497 e. The van der Waals surface area contributed by atoms with Gasteiger partial charge in [-0.05, 0) is 50.3 Å². The van der Waals surface area contributed by atoms with Crippen molar-refractivity contribution in [3.8, 4) is 5.75 Å². The molecule has 2 aromatic rings. The van der Waals surface area contributed by atoms with Gasteiger partial charge in [-0.15, -0.1) is 0 Å². The van der Waals surface area contributed by atoms with E-state index in [0.29, 0.717) is 12.3 Å². The van der Waals surface area contributed by atoms with Gasteiger partial charge in [0.25, 0.3) is 0 Å². The number of benzene rings is 1. The van der Waals surface area contributed by atoms with Crippen LogP contribution in [0, 0.1) is 19.8 Å². The standard InChI is InChI=1S/C22H31N3O2/c1-15(2)14-25-17(4)20(16(3)23-25)13-22(26)24-12-6-7-21(24)18-8-10-19(27-5)11-9-18/h8-11,15,21H,6-7,12-14H2,1-5H3. The highest BCUT2D eigenvalue weighted by atomic mass is 16.5. The molecule has 0 radical (unpaired) electrons. The van der Waals surface area contributed by atoms with Gasteiger partial charge in [-0.1, -0.05) is 26.0 Å². The Hall–Kier alpha value is -2.30. The van der Waals surface area contributed by atoms with Crippen LogP contribution in [-0.4, -0.2) is 34.2 Å². The number of hydrogen-bond acceptors (Lipinski definition) is 3. The van der Waals surface area contributed by atoms with E-state index in [1.807, 2.05) is 28.6 Å². The smallest absolute Gasteiger partial charge is 0.227 e. The van der Waals surface area contributed by atoms with Crippen molar-refractivity contribution in [1.82, 2.24) is 14.7 Å². The highest BCUT2D eigenvalue weighted by Gasteiger charge is 2.30. The van der Waals surface area contributed by atoms with Gasteiger partial charge in [-0.3, -0.25) is 9.48 Å². The van der Waals surface area contributed by atoms with Gasteiger partial charge in [0.15, 0.2) is 0 Å². The van der Waals surface area contributed by atoms with Crippen LogP contribution in [0.5, 0.6) is 5.75 Å². The molecule has 0 saturated carbocycles. The van der Waals surface area contributed by atoms with Crippen molar-refractivity contribution >= 4 is 5.91 Å². The van der Waals surface area contributed by atoms with E-state index in [4.69, 9.17) is 4.74 Å². The van der Waals surface area contributed by atoms with E-state index in [1.54, 1.807) is 7.11 Å². The number of aryl methyl sites for hydroxylation is 1. The molecule has 0 bridgehead atoms. The number of nitrogens with zero attached hydrogens (tertiary/aromatic N) is 3. The summed E-state index contributed by atoms with van der Waals surface area (Å²) < 4.78 is 7.30. The summed E-state index contributed by atoms with van der Waals surface area (Å²) in [5.41, 5.74) is 4.36. The predicted molar refractivity (Wildman–Crippen MR) is 107 cm³/mol. The van der Waals surface area contributed by atoms with Crippen LogP contribution < -0.4 is 4.74 Å². The lowest BCUT2D eigenvalue weighted by Gasteiger charge is -2.25. The lowest BCUT2D eigenvalue weighted by Crippen LogP contribution is -2.32. The summed E-state index contributed by atoms with van der Waals surface area (Å²) in [6.07, 6.45) is 2.50. The molecule has 1 aromatic heterocycles. The average molecular weight is 370 g/mol. The van der Waals surface area contributed by atoms with Gasteiger partial charge in [0.2, 0.25) is 5.91 Å². The van der Waals surface area contributed by atoms with Gasteiger partial charge >= 0.3 is 0 Å². The van der Waals surface area contributed by atoms with Crippen molar-refractivity contribution in [3.05, 3.63) is 46.8 Å². The monoisotopic (exact) mass is 369 g/mol. The Kier molecular flexibility index (Phi) is 5.88. The van der Waals surface area contributed by atoms with Gasteiger partial charge in [-0.2, -0.15) is 5.10 Å². The minimum absolute atomic E-state index is 0.162. The van der Waals surface area contributed by atoms with E-state index in [0.717, 1.165) is 48.6 Å². The number of methoxy groups -OCH3 is 1. The Morgan fingerprint density at radius 2 is 1.96 bits per heavy atom. The molecule has 0 aliphatic carbocycles. The fourth-order valence-corrected chi connectivity index (χ4v) is 4.00. The first-order valence-electron chi connectivity index (χ1n) is 9.87. The van der Waals surface area contributed by atoms with Crippen LogP contribution in [0.1, 0.15) is 55.2 Å². The predicted octanol–water partition coefficient (Wildman–Crippen LogP) is 4.07. The molecule has 2 heterocycles. The number of hydrogen-bond donors (Lipinski definition) is 0. The third-order valence-corrected chi connectivity index (χ3v) is 5.47. The Labute approximate surface area is 162 Å². The van der Waals surface area contributed by atoms with E-state index in [1.165, 1.54) is 5.56 Å². The van der Waals surface area contributed by atoms with Crippen molar-refractivity contribution in [3.63, 3.8) is 0 Å². The van der Waals surface area contributed by atoms with Crippen LogP contribution in [-0.2, 0) is 17.8 Å². The highest BCUT2D eigenvalue weighted by Crippen LogP contribution is 2.33. The lowest BCUT2D eigenvalue weighted by molar-refractivity contribution is -0.131. The molecular weight excluding hydrogens is 338 g/mol. The normalized spacial score (nSPS) is 17.0. The molecule has 1 atom stereocenters. The van der Waals surface area contributed by atoms with Crippen LogP contribution in [0.3, 0.4) is 0 Å². The SMILES string of the molecule is COc1ccc(C2CCCN2C(=O)Cc2c(C)nn(CC(C)C)c2C)cc1. The van der Waals surface area contributed by atoms with E-state index in [9.17, 15) is 4.79 Å². The summed E-state index contributed by atoms with van der Waals surface area (Å²) in [7, 11) is 1.67. The van der Waals surface area contributed by atoms with Crippen molar-refractivity contribution < 1.29 is 9.53 Å². The van der Waals surface area contributed by atoms with Crippen molar-refractivity contribution in [2.75, 3.05) is 13.7 Å². The Morgan fingerprint density at radius 1 is 1.26 bits per heavy atom. The van der Waals surface area contributed by atoms with Crippen LogP contribution in [0.4, 0.5) is 0 Å². The summed E-state index contributed by atoms with van der Waals surface area (Å²) in [5, 5.41) is 4.66. The van der Waals surface area contributed by atoms with Crippen LogP contribution in [0.15, 0.2) is 24.3 Å². The quantitative estimate of drug-likeness (QED) is 0.771. The molecule has 146 valence electrons. The zero-order valence-electron chi connectivity index (χ0n) is 17.2. The minimum atomic E-state index is 0.162. The first-order valence-corrected chi connectivity index (χ1v) is 9.87. The largest absolute Gasteiger partial charge is 0.497 e. The summed E-state index contributed by atoms with van der Waals surface area (Å²) in [6.45, 7) is 10.2. The third-order valence-electron chi connectivity index (χ3n) is 5.47. The molecule has 1 aliphatic heterocycles.